The first-order valence-electron chi connectivity index (χ1n) is 6.24. The molecule has 0 bridgehead atoms. The van der Waals surface area contributed by atoms with Gasteiger partial charge in [-0.05, 0) is 55.7 Å². The summed E-state index contributed by atoms with van der Waals surface area (Å²) < 4.78 is 0. The van der Waals surface area contributed by atoms with Crippen molar-refractivity contribution in [1.82, 2.24) is 5.32 Å². The van der Waals surface area contributed by atoms with Crippen molar-refractivity contribution in [1.29, 1.82) is 0 Å². The van der Waals surface area contributed by atoms with E-state index in [0.29, 0.717) is 0 Å². The molecule has 1 nitrogen and oxygen atoms in total. The van der Waals surface area contributed by atoms with Gasteiger partial charge in [0.25, 0.3) is 0 Å². The smallest absolute Gasteiger partial charge is 0.0108 e. The zero-order chi connectivity index (χ0) is 10.1. The molecule has 3 rings (SSSR count). The fraction of sp³-hybridized carbons (Fsp3) is 0.571. The van der Waals surface area contributed by atoms with Crippen LogP contribution in [0.4, 0.5) is 0 Å². The highest BCUT2D eigenvalue weighted by Crippen LogP contribution is 2.41. The largest absolute Gasteiger partial charge is 0.314 e. The zero-order valence-corrected chi connectivity index (χ0v) is 9.21. The van der Waals surface area contributed by atoms with Gasteiger partial charge in [0.1, 0.15) is 0 Å². The van der Waals surface area contributed by atoms with Gasteiger partial charge >= 0.3 is 0 Å². The molecular formula is C14H19N. The highest BCUT2D eigenvalue weighted by atomic mass is 14.9. The fourth-order valence-electron chi connectivity index (χ4n) is 2.71. The van der Waals surface area contributed by atoms with Crippen molar-refractivity contribution in [3.05, 3.63) is 35.4 Å². The third-order valence-electron chi connectivity index (χ3n) is 3.70. The van der Waals surface area contributed by atoms with Crippen LogP contribution >= 0.6 is 0 Å². The summed E-state index contributed by atoms with van der Waals surface area (Å²) in [6.07, 6.45) is 6.78. The molecule has 1 heterocycles. The second kappa shape index (κ2) is 3.97. The normalized spacial score (nSPS) is 25.7. The van der Waals surface area contributed by atoms with Gasteiger partial charge in [-0.25, -0.2) is 0 Å². The summed E-state index contributed by atoms with van der Waals surface area (Å²) in [6.45, 7) is 1.22. The second-order valence-corrected chi connectivity index (χ2v) is 4.97. The van der Waals surface area contributed by atoms with Crippen molar-refractivity contribution in [2.45, 2.75) is 44.1 Å². The highest BCUT2D eigenvalue weighted by molar-refractivity contribution is 5.33. The Morgan fingerprint density at radius 2 is 2.00 bits per heavy atom. The minimum absolute atomic E-state index is 0.741. The number of hydrogen-bond donors (Lipinski definition) is 1. The van der Waals surface area contributed by atoms with Crippen molar-refractivity contribution >= 4 is 0 Å². The lowest BCUT2D eigenvalue weighted by atomic mass is 9.97. The maximum Gasteiger partial charge on any atom is 0.0108 e. The van der Waals surface area contributed by atoms with Gasteiger partial charge in [0.15, 0.2) is 0 Å². The van der Waals surface area contributed by atoms with Crippen LogP contribution in [0.15, 0.2) is 24.3 Å². The molecule has 15 heavy (non-hydrogen) atoms. The van der Waals surface area contributed by atoms with Crippen LogP contribution in [0.2, 0.25) is 0 Å². The lowest BCUT2D eigenvalue weighted by Crippen LogP contribution is -2.24. The molecule has 1 N–H and O–H groups in total. The first-order chi connectivity index (χ1) is 7.43. The van der Waals surface area contributed by atoms with Crippen LogP contribution in [0, 0.1) is 0 Å². The van der Waals surface area contributed by atoms with Crippen LogP contribution in [-0.2, 0) is 6.42 Å². The number of nitrogens with one attached hydrogen (secondary N) is 1. The quantitative estimate of drug-likeness (QED) is 0.793. The molecule has 80 valence electrons. The Hall–Kier alpha value is -0.820. The van der Waals surface area contributed by atoms with E-state index >= 15 is 0 Å². The van der Waals surface area contributed by atoms with Gasteiger partial charge in [-0.3, -0.25) is 0 Å². The Kier molecular flexibility index (Phi) is 2.49. The molecule has 1 aromatic carbocycles. The van der Waals surface area contributed by atoms with Gasteiger partial charge in [-0.1, -0.05) is 24.3 Å². The van der Waals surface area contributed by atoms with Gasteiger partial charge < -0.3 is 5.32 Å². The van der Waals surface area contributed by atoms with Crippen molar-refractivity contribution < 1.29 is 0 Å². The monoisotopic (exact) mass is 201 g/mol. The van der Waals surface area contributed by atoms with Crippen molar-refractivity contribution in [2.75, 3.05) is 6.54 Å². The molecule has 1 aliphatic heterocycles. The zero-order valence-electron chi connectivity index (χ0n) is 9.21. The molecule has 1 unspecified atom stereocenters. The van der Waals surface area contributed by atoms with Crippen molar-refractivity contribution in [3.8, 4) is 0 Å². The Morgan fingerprint density at radius 3 is 2.73 bits per heavy atom. The molecule has 0 radical (unpaired) electrons. The third-order valence-corrected chi connectivity index (χ3v) is 3.70. The molecule has 1 saturated carbocycles. The Morgan fingerprint density at radius 1 is 1.13 bits per heavy atom. The minimum Gasteiger partial charge on any atom is -0.314 e. The average Bonchev–Trinajstić information content (AvgIpc) is 2.99. The lowest BCUT2D eigenvalue weighted by molar-refractivity contribution is 0.600. The molecule has 2 fully saturated rings. The Bertz CT molecular complexity index is 335. The average molecular weight is 201 g/mol. The number of rotatable bonds is 3. The van der Waals surface area contributed by atoms with Gasteiger partial charge in [-0.2, -0.15) is 0 Å². The molecule has 2 aliphatic rings. The first kappa shape index (κ1) is 9.41. The summed E-state index contributed by atoms with van der Waals surface area (Å²) >= 11 is 0. The standard InChI is InChI=1S/C14H19N/c1-2-6-14(11-7-8-11)12(4-1)10-13-5-3-9-15-13/h1-2,4,6,11,13,15H,3,5,7-10H2. The molecule has 1 atom stereocenters. The maximum atomic E-state index is 3.59. The van der Waals surface area contributed by atoms with E-state index in [1.54, 1.807) is 11.1 Å². The summed E-state index contributed by atoms with van der Waals surface area (Å²) in [5, 5.41) is 3.59. The van der Waals surface area contributed by atoms with Crippen LogP contribution in [0.5, 0.6) is 0 Å². The summed E-state index contributed by atoms with van der Waals surface area (Å²) in [5.74, 6) is 0.891. The SMILES string of the molecule is c1ccc(C2CC2)c(CC2CCCN2)c1. The van der Waals surface area contributed by atoms with Crippen LogP contribution in [0.1, 0.15) is 42.7 Å². The number of hydrogen-bond acceptors (Lipinski definition) is 1. The molecular weight excluding hydrogens is 182 g/mol. The van der Waals surface area contributed by atoms with E-state index in [1.807, 2.05) is 0 Å². The Balaban J connectivity index is 1.77. The summed E-state index contributed by atoms with van der Waals surface area (Å²) in [7, 11) is 0. The van der Waals surface area contributed by atoms with E-state index in [4.69, 9.17) is 0 Å². The first-order valence-corrected chi connectivity index (χ1v) is 6.24. The molecule has 0 spiro atoms. The topological polar surface area (TPSA) is 12.0 Å². The van der Waals surface area contributed by atoms with Crippen LogP contribution in [0.25, 0.3) is 0 Å². The van der Waals surface area contributed by atoms with E-state index in [9.17, 15) is 0 Å². The van der Waals surface area contributed by atoms with Crippen molar-refractivity contribution in [2.24, 2.45) is 0 Å². The van der Waals surface area contributed by atoms with Crippen LogP contribution < -0.4 is 5.32 Å². The molecule has 1 aromatic rings. The van der Waals surface area contributed by atoms with E-state index in [0.717, 1.165) is 12.0 Å². The fourth-order valence-corrected chi connectivity index (χ4v) is 2.71. The second-order valence-electron chi connectivity index (χ2n) is 4.97. The summed E-state index contributed by atoms with van der Waals surface area (Å²) in [5.41, 5.74) is 3.23. The van der Waals surface area contributed by atoms with Gasteiger partial charge in [0, 0.05) is 6.04 Å². The third kappa shape index (κ3) is 2.07. The lowest BCUT2D eigenvalue weighted by Gasteiger charge is -2.13. The highest BCUT2D eigenvalue weighted by Gasteiger charge is 2.26. The van der Waals surface area contributed by atoms with Crippen molar-refractivity contribution in [3.63, 3.8) is 0 Å². The van der Waals surface area contributed by atoms with Crippen LogP contribution in [-0.4, -0.2) is 12.6 Å². The van der Waals surface area contributed by atoms with Gasteiger partial charge in [0.2, 0.25) is 0 Å². The molecule has 0 aromatic heterocycles. The molecule has 1 saturated heterocycles. The maximum absolute atomic E-state index is 3.59. The number of benzene rings is 1. The molecule has 1 aliphatic carbocycles. The van der Waals surface area contributed by atoms with E-state index in [2.05, 4.69) is 29.6 Å². The van der Waals surface area contributed by atoms with Crippen LogP contribution in [0.3, 0.4) is 0 Å². The van der Waals surface area contributed by atoms with E-state index in [-0.39, 0.29) is 0 Å². The summed E-state index contributed by atoms with van der Waals surface area (Å²) in [4.78, 5) is 0. The van der Waals surface area contributed by atoms with Gasteiger partial charge in [-0.15, -0.1) is 0 Å². The minimum atomic E-state index is 0.741. The van der Waals surface area contributed by atoms with E-state index < -0.39 is 0 Å². The Labute approximate surface area is 91.9 Å². The predicted octanol–water partition coefficient (Wildman–Crippen LogP) is 2.86. The van der Waals surface area contributed by atoms with E-state index in [1.165, 1.54) is 38.6 Å². The summed E-state index contributed by atoms with van der Waals surface area (Å²) in [6, 6.07) is 9.79. The predicted molar refractivity (Wildman–Crippen MR) is 63.1 cm³/mol. The molecule has 1 heteroatoms. The molecule has 0 amide bonds. The van der Waals surface area contributed by atoms with Gasteiger partial charge in [0.05, 0.1) is 0 Å².